The molecule has 0 radical (unpaired) electrons. The van der Waals surface area contributed by atoms with E-state index in [-0.39, 0.29) is 23.3 Å². The van der Waals surface area contributed by atoms with E-state index in [1.807, 2.05) is 6.07 Å². The Hall–Kier alpha value is -3.73. The summed E-state index contributed by atoms with van der Waals surface area (Å²) >= 11 is 0. The molecule has 4 aromatic rings. The minimum Gasteiger partial charge on any atom is -0.479 e. The molecule has 0 atom stereocenters. The highest BCUT2D eigenvalue weighted by Crippen LogP contribution is 2.33. The zero-order chi connectivity index (χ0) is 23.8. The number of amides is 1. The van der Waals surface area contributed by atoms with Gasteiger partial charge in [0.1, 0.15) is 11.2 Å². The number of methoxy groups -OCH3 is 2. The first kappa shape index (κ1) is 22.1. The van der Waals surface area contributed by atoms with Crippen LogP contribution in [0.5, 0.6) is 5.88 Å². The first-order valence-corrected chi connectivity index (χ1v) is 11.1. The van der Waals surface area contributed by atoms with Crippen molar-refractivity contribution in [1.82, 2.24) is 29.3 Å². The second-order valence-electron chi connectivity index (χ2n) is 8.31. The van der Waals surface area contributed by atoms with Gasteiger partial charge in [0.05, 0.1) is 19.4 Å². The zero-order valence-electron chi connectivity index (χ0n) is 19.2. The monoisotopic (exact) mass is 467 g/mol. The molecule has 11 heteroatoms. The SMILES string of the molecule is CNC(=O)c1cnc2c(F)cc(-c3ccn4nc(NC5CCC(OC)CC5)nc(OC)c34)cn12. The quantitative estimate of drug-likeness (QED) is 0.449. The number of carbonyl (C=O) groups is 1. The molecule has 5 rings (SSSR count). The predicted octanol–water partition coefficient (Wildman–Crippen LogP) is 2.92. The average molecular weight is 468 g/mol. The Morgan fingerprint density at radius 2 is 2.03 bits per heavy atom. The van der Waals surface area contributed by atoms with Gasteiger partial charge in [-0.15, -0.1) is 5.10 Å². The van der Waals surface area contributed by atoms with Crippen LogP contribution in [0.1, 0.15) is 36.2 Å². The Balaban J connectivity index is 1.53. The first-order valence-electron chi connectivity index (χ1n) is 11.1. The van der Waals surface area contributed by atoms with Crippen molar-refractivity contribution in [2.45, 2.75) is 37.8 Å². The normalized spacial score (nSPS) is 18.4. The second kappa shape index (κ2) is 8.90. The number of halogens is 1. The maximum atomic E-state index is 14.9. The van der Waals surface area contributed by atoms with Crippen molar-refractivity contribution in [3.63, 3.8) is 0 Å². The highest BCUT2D eigenvalue weighted by Gasteiger charge is 2.23. The lowest BCUT2D eigenvalue weighted by molar-refractivity contribution is 0.0681. The Bertz CT molecular complexity index is 1360. The molecule has 34 heavy (non-hydrogen) atoms. The lowest BCUT2D eigenvalue weighted by Gasteiger charge is -2.28. The lowest BCUT2D eigenvalue weighted by atomic mass is 9.93. The highest BCUT2D eigenvalue weighted by atomic mass is 19.1. The van der Waals surface area contributed by atoms with Gasteiger partial charge < -0.3 is 20.1 Å². The molecule has 178 valence electrons. The van der Waals surface area contributed by atoms with E-state index in [4.69, 9.17) is 9.47 Å². The standard InChI is InChI=1S/C23H26FN7O3/c1-25-21(32)18-11-26-20-17(24)10-13(12-30(18)20)16-8-9-31-19(16)22(34-3)28-23(29-31)27-14-4-6-15(33-2)7-5-14/h8-12,14-15H,4-7H2,1-3H3,(H,25,32)(H,27,29). The minimum atomic E-state index is -0.545. The van der Waals surface area contributed by atoms with Crippen LogP contribution in [-0.4, -0.2) is 63.3 Å². The summed E-state index contributed by atoms with van der Waals surface area (Å²) in [7, 11) is 4.80. The minimum absolute atomic E-state index is 0.0729. The van der Waals surface area contributed by atoms with Crippen LogP contribution in [0.3, 0.4) is 0 Å². The number of ether oxygens (including phenoxy) is 2. The largest absolute Gasteiger partial charge is 0.479 e. The van der Waals surface area contributed by atoms with Crippen molar-refractivity contribution in [2.24, 2.45) is 0 Å². The van der Waals surface area contributed by atoms with E-state index in [0.717, 1.165) is 25.7 Å². The fourth-order valence-corrected chi connectivity index (χ4v) is 4.54. The van der Waals surface area contributed by atoms with E-state index in [2.05, 4.69) is 25.7 Å². The van der Waals surface area contributed by atoms with Gasteiger partial charge in [-0.3, -0.25) is 9.20 Å². The number of anilines is 1. The molecule has 0 bridgehead atoms. The number of nitrogens with one attached hydrogen (secondary N) is 2. The fraction of sp³-hybridized carbons (Fsp3) is 0.391. The zero-order valence-corrected chi connectivity index (χ0v) is 19.2. The van der Waals surface area contributed by atoms with Crippen LogP contribution < -0.4 is 15.4 Å². The average Bonchev–Trinajstić information content (AvgIpc) is 3.48. The third-order valence-corrected chi connectivity index (χ3v) is 6.34. The van der Waals surface area contributed by atoms with Crippen molar-refractivity contribution < 1.29 is 18.7 Å². The molecule has 0 spiro atoms. The third-order valence-electron chi connectivity index (χ3n) is 6.34. The molecule has 1 amide bonds. The molecule has 0 saturated heterocycles. The number of nitrogens with zero attached hydrogens (tertiary/aromatic N) is 5. The molecular formula is C23H26FN7O3. The van der Waals surface area contributed by atoms with Crippen molar-refractivity contribution in [2.75, 3.05) is 26.6 Å². The Morgan fingerprint density at radius 3 is 2.74 bits per heavy atom. The maximum Gasteiger partial charge on any atom is 0.269 e. The summed E-state index contributed by atoms with van der Waals surface area (Å²) in [5.41, 5.74) is 2.11. The van der Waals surface area contributed by atoms with Gasteiger partial charge in [-0.1, -0.05) is 0 Å². The van der Waals surface area contributed by atoms with E-state index in [1.54, 1.807) is 24.0 Å². The summed E-state index contributed by atoms with van der Waals surface area (Å²) in [6.45, 7) is 0. The van der Waals surface area contributed by atoms with E-state index < -0.39 is 5.82 Å². The number of carbonyl (C=O) groups excluding carboxylic acids is 1. The van der Waals surface area contributed by atoms with Crippen LogP contribution in [-0.2, 0) is 4.74 Å². The molecule has 1 aliphatic rings. The predicted molar refractivity (Wildman–Crippen MR) is 124 cm³/mol. The molecular weight excluding hydrogens is 441 g/mol. The molecule has 0 aliphatic heterocycles. The molecule has 1 fully saturated rings. The van der Waals surface area contributed by atoms with Crippen LogP contribution in [0.15, 0.2) is 30.7 Å². The summed E-state index contributed by atoms with van der Waals surface area (Å²) in [6.07, 6.45) is 9.01. The second-order valence-corrected chi connectivity index (χ2v) is 8.31. The van der Waals surface area contributed by atoms with Crippen molar-refractivity contribution in [3.8, 4) is 17.0 Å². The van der Waals surface area contributed by atoms with Crippen LogP contribution in [0, 0.1) is 5.82 Å². The molecule has 10 nitrogen and oxygen atoms in total. The molecule has 0 aromatic carbocycles. The number of hydrogen-bond acceptors (Lipinski definition) is 7. The van der Waals surface area contributed by atoms with Crippen molar-refractivity contribution in [1.29, 1.82) is 0 Å². The van der Waals surface area contributed by atoms with Crippen LogP contribution in [0.2, 0.25) is 0 Å². The number of fused-ring (bicyclic) bond motifs is 2. The Kier molecular flexibility index (Phi) is 5.78. The number of hydrogen-bond donors (Lipinski definition) is 2. The molecule has 2 N–H and O–H groups in total. The molecule has 1 aliphatic carbocycles. The molecule has 1 saturated carbocycles. The van der Waals surface area contributed by atoms with Gasteiger partial charge in [0.15, 0.2) is 11.5 Å². The van der Waals surface area contributed by atoms with Gasteiger partial charge in [0, 0.05) is 43.7 Å². The van der Waals surface area contributed by atoms with E-state index in [1.165, 1.54) is 30.8 Å². The topological polar surface area (TPSA) is 107 Å². The maximum absolute atomic E-state index is 14.9. The number of aromatic nitrogens is 5. The summed E-state index contributed by atoms with van der Waals surface area (Å²) < 4.78 is 29.0. The number of pyridine rings is 1. The van der Waals surface area contributed by atoms with Gasteiger partial charge >= 0.3 is 0 Å². The molecule has 4 aromatic heterocycles. The highest BCUT2D eigenvalue weighted by molar-refractivity contribution is 5.93. The van der Waals surface area contributed by atoms with Gasteiger partial charge in [0.25, 0.3) is 5.91 Å². The van der Waals surface area contributed by atoms with Gasteiger partial charge in [-0.2, -0.15) is 4.98 Å². The van der Waals surface area contributed by atoms with Crippen LogP contribution >= 0.6 is 0 Å². The first-order chi connectivity index (χ1) is 16.5. The van der Waals surface area contributed by atoms with E-state index in [9.17, 15) is 9.18 Å². The summed E-state index contributed by atoms with van der Waals surface area (Å²) in [5, 5.41) is 10.6. The summed E-state index contributed by atoms with van der Waals surface area (Å²) in [4.78, 5) is 20.8. The third kappa shape index (κ3) is 3.81. The van der Waals surface area contributed by atoms with Crippen molar-refractivity contribution >= 4 is 23.0 Å². The van der Waals surface area contributed by atoms with Crippen LogP contribution in [0.25, 0.3) is 22.3 Å². The number of imidazole rings is 1. The Morgan fingerprint density at radius 1 is 1.24 bits per heavy atom. The summed E-state index contributed by atoms with van der Waals surface area (Å²) in [6, 6.07) is 3.45. The van der Waals surface area contributed by atoms with E-state index >= 15 is 0 Å². The van der Waals surface area contributed by atoms with Gasteiger partial charge in [-0.25, -0.2) is 13.9 Å². The van der Waals surface area contributed by atoms with Crippen LogP contribution in [0.4, 0.5) is 10.3 Å². The van der Waals surface area contributed by atoms with Gasteiger partial charge in [0.2, 0.25) is 11.8 Å². The van der Waals surface area contributed by atoms with E-state index in [0.29, 0.717) is 34.6 Å². The van der Waals surface area contributed by atoms with Crippen molar-refractivity contribution in [3.05, 3.63) is 42.2 Å². The molecule has 4 heterocycles. The Labute approximate surface area is 195 Å². The summed E-state index contributed by atoms with van der Waals surface area (Å²) in [5.74, 6) is -0.0787. The fourth-order valence-electron chi connectivity index (χ4n) is 4.54. The molecule has 0 unspecified atom stereocenters. The lowest BCUT2D eigenvalue weighted by Crippen LogP contribution is -2.30. The number of rotatable bonds is 6. The van der Waals surface area contributed by atoms with Gasteiger partial charge in [-0.05, 0) is 37.8 Å². The smallest absolute Gasteiger partial charge is 0.269 e.